The molecule has 3 rings (SSSR count). The zero-order valence-electron chi connectivity index (χ0n) is 11.5. The van der Waals surface area contributed by atoms with Gasteiger partial charge in [0.25, 0.3) is 0 Å². The molecule has 0 aliphatic heterocycles. The van der Waals surface area contributed by atoms with E-state index < -0.39 is 0 Å². The topological polar surface area (TPSA) is 50.7 Å². The van der Waals surface area contributed by atoms with Crippen LogP contribution in [0.2, 0.25) is 0 Å². The second-order valence-electron chi connectivity index (χ2n) is 4.76. The fraction of sp³-hybridized carbons (Fsp3) is 0.188. The summed E-state index contributed by atoms with van der Waals surface area (Å²) in [6.07, 6.45) is 5.42. The maximum atomic E-state index is 4.46. The van der Waals surface area contributed by atoms with Crippen molar-refractivity contribution in [1.29, 1.82) is 0 Å². The number of rotatable bonds is 3. The zero-order chi connectivity index (χ0) is 13.9. The van der Waals surface area contributed by atoms with E-state index in [9.17, 15) is 0 Å². The first-order valence-electron chi connectivity index (χ1n) is 6.58. The highest BCUT2D eigenvalue weighted by Gasteiger charge is 2.14. The van der Waals surface area contributed by atoms with Crippen LogP contribution in [0, 0.1) is 6.92 Å². The number of pyridine rings is 1. The predicted octanol–water partition coefficient (Wildman–Crippen LogP) is 2.64. The van der Waals surface area contributed by atoms with Gasteiger partial charge in [-0.1, -0.05) is 18.2 Å². The van der Waals surface area contributed by atoms with Gasteiger partial charge in [0.2, 0.25) is 0 Å². The molecule has 100 valence electrons. The van der Waals surface area contributed by atoms with E-state index >= 15 is 0 Å². The number of benzene rings is 1. The lowest BCUT2D eigenvalue weighted by Gasteiger charge is -2.16. The van der Waals surface area contributed by atoms with Gasteiger partial charge in [-0.05, 0) is 31.7 Å². The Labute approximate surface area is 117 Å². The Bertz CT molecular complexity index is 722. The van der Waals surface area contributed by atoms with E-state index in [4.69, 9.17) is 0 Å². The average Bonchev–Trinajstić information content (AvgIpc) is 2.50. The lowest BCUT2D eigenvalue weighted by Crippen LogP contribution is -2.19. The Morgan fingerprint density at radius 2 is 1.95 bits per heavy atom. The maximum absolute atomic E-state index is 4.46. The number of aryl methyl sites for hydroxylation is 1. The van der Waals surface area contributed by atoms with Crippen molar-refractivity contribution >= 4 is 10.9 Å². The van der Waals surface area contributed by atoms with Gasteiger partial charge >= 0.3 is 0 Å². The molecule has 2 heterocycles. The predicted molar refractivity (Wildman–Crippen MR) is 79.4 cm³/mol. The summed E-state index contributed by atoms with van der Waals surface area (Å²) >= 11 is 0. The van der Waals surface area contributed by atoms with Crippen molar-refractivity contribution in [3.8, 4) is 0 Å². The van der Waals surface area contributed by atoms with Gasteiger partial charge in [0, 0.05) is 17.8 Å². The van der Waals surface area contributed by atoms with Crippen molar-refractivity contribution in [2.24, 2.45) is 0 Å². The van der Waals surface area contributed by atoms with Crippen LogP contribution in [-0.2, 0) is 0 Å². The molecule has 0 fully saturated rings. The van der Waals surface area contributed by atoms with Gasteiger partial charge in [-0.2, -0.15) is 0 Å². The molecule has 1 aromatic carbocycles. The molecule has 3 aromatic rings. The fourth-order valence-electron chi connectivity index (χ4n) is 2.30. The maximum Gasteiger partial charge on any atom is 0.0801 e. The number of aromatic nitrogens is 3. The second-order valence-corrected chi connectivity index (χ2v) is 4.76. The number of nitrogens with one attached hydrogen (secondary N) is 1. The van der Waals surface area contributed by atoms with Gasteiger partial charge in [0.1, 0.15) is 0 Å². The third-order valence-corrected chi connectivity index (χ3v) is 3.35. The molecule has 0 amide bonds. The molecule has 0 aliphatic rings. The molecule has 1 unspecified atom stereocenters. The second kappa shape index (κ2) is 5.35. The Morgan fingerprint density at radius 1 is 1.05 bits per heavy atom. The van der Waals surface area contributed by atoms with Crippen LogP contribution in [0.1, 0.15) is 23.0 Å². The summed E-state index contributed by atoms with van der Waals surface area (Å²) in [7, 11) is 1.93. The largest absolute Gasteiger partial charge is 0.308 e. The molecule has 4 heteroatoms. The summed E-state index contributed by atoms with van der Waals surface area (Å²) in [5.41, 5.74) is 3.96. The summed E-state index contributed by atoms with van der Waals surface area (Å²) in [5, 5.41) is 4.43. The van der Waals surface area contributed by atoms with E-state index in [0.29, 0.717) is 0 Å². The average molecular weight is 264 g/mol. The summed E-state index contributed by atoms with van der Waals surface area (Å²) in [5.74, 6) is 0. The van der Waals surface area contributed by atoms with Gasteiger partial charge in [-0.15, -0.1) is 0 Å². The zero-order valence-corrected chi connectivity index (χ0v) is 11.5. The van der Waals surface area contributed by atoms with E-state index in [1.54, 1.807) is 6.20 Å². The molecule has 0 saturated carbocycles. The third-order valence-electron chi connectivity index (χ3n) is 3.35. The minimum atomic E-state index is 0.0227. The molecule has 0 aliphatic carbocycles. The smallest absolute Gasteiger partial charge is 0.0801 e. The third kappa shape index (κ3) is 2.38. The van der Waals surface area contributed by atoms with Crippen molar-refractivity contribution in [3.63, 3.8) is 0 Å². The van der Waals surface area contributed by atoms with Crippen LogP contribution in [0.25, 0.3) is 10.9 Å². The highest BCUT2D eigenvalue weighted by molar-refractivity contribution is 5.79. The van der Waals surface area contributed by atoms with E-state index in [1.165, 1.54) is 0 Å². The first-order chi connectivity index (χ1) is 9.78. The van der Waals surface area contributed by atoms with Crippen LogP contribution < -0.4 is 5.32 Å². The fourth-order valence-corrected chi connectivity index (χ4v) is 2.30. The van der Waals surface area contributed by atoms with Gasteiger partial charge in [-0.25, -0.2) is 0 Å². The van der Waals surface area contributed by atoms with Crippen LogP contribution >= 0.6 is 0 Å². The summed E-state index contributed by atoms with van der Waals surface area (Å²) in [6, 6.07) is 10.3. The summed E-state index contributed by atoms with van der Waals surface area (Å²) < 4.78 is 0. The molecule has 20 heavy (non-hydrogen) atoms. The van der Waals surface area contributed by atoms with E-state index in [-0.39, 0.29) is 6.04 Å². The lowest BCUT2D eigenvalue weighted by atomic mass is 10.0. The van der Waals surface area contributed by atoms with Crippen LogP contribution in [0.4, 0.5) is 0 Å². The standard InChI is InChI=1S/C16H16N4/c1-11-9-20-15(10-19-11)16(17-2)13-6-5-12-4-3-7-18-14(12)8-13/h3-10,16-17H,1-2H3. The Morgan fingerprint density at radius 3 is 2.70 bits per heavy atom. The highest BCUT2D eigenvalue weighted by atomic mass is 14.9. The van der Waals surface area contributed by atoms with Gasteiger partial charge in [0.15, 0.2) is 0 Å². The van der Waals surface area contributed by atoms with E-state index in [2.05, 4.69) is 44.5 Å². The molecule has 0 bridgehead atoms. The minimum Gasteiger partial charge on any atom is -0.308 e. The van der Waals surface area contributed by atoms with Gasteiger partial charge < -0.3 is 5.32 Å². The Kier molecular flexibility index (Phi) is 3.39. The van der Waals surface area contributed by atoms with Crippen LogP contribution in [0.5, 0.6) is 0 Å². The molecule has 0 radical (unpaired) electrons. The molecular formula is C16H16N4. The van der Waals surface area contributed by atoms with Gasteiger partial charge in [-0.3, -0.25) is 15.0 Å². The molecule has 2 aromatic heterocycles. The quantitative estimate of drug-likeness (QED) is 0.790. The number of hydrogen-bond donors (Lipinski definition) is 1. The first kappa shape index (κ1) is 12.7. The number of hydrogen-bond acceptors (Lipinski definition) is 4. The molecule has 1 atom stereocenters. The minimum absolute atomic E-state index is 0.0227. The van der Waals surface area contributed by atoms with Crippen LogP contribution in [0.15, 0.2) is 48.9 Å². The SMILES string of the molecule is CNC(c1ccc2cccnc2c1)c1cnc(C)cn1. The van der Waals surface area contributed by atoms with Crippen molar-refractivity contribution < 1.29 is 0 Å². The lowest BCUT2D eigenvalue weighted by molar-refractivity contribution is 0.666. The number of nitrogens with zero attached hydrogens (tertiary/aromatic N) is 3. The molecule has 0 saturated heterocycles. The highest BCUT2D eigenvalue weighted by Crippen LogP contribution is 2.22. The van der Waals surface area contributed by atoms with Crippen molar-refractivity contribution in [1.82, 2.24) is 20.3 Å². The van der Waals surface area contributed by atoms with Gasteiger partial charge in [0.05, 0.1) is 29.1 Å². The normalized spacial score (nSPS) is 12.5. The first-order valence-corrected chi connectivity index (χ1v) is 6.58. The van der Waals surface area contributed by atoms with E-state index in [1.807, 2.05) is 32.4 Å². The molecule has 1 N–H and O–H groups in total. The van der Waals surface area contributed by atoms with Crippen molar-refractivity contribution in [2.75, 3.05) is 7.05 Å². The van der Waals surface area contributed by atoms with E-state index in [0.717, 1.165) is 27.9 Å². The van der Waals surface area contributed by atoms with Crippen LogP contribution in [-0.4, -0.2) is 22.0 Å². The van der Waals surface area contributed by atoms with Crippen molar-refractivity contribution in [3.05, 3.63) is 65.9 Å². The Balaban J connectivity index is 2.04. The molecule has 4 nitrogen and oxygen atoms in total. The summed E-state index contributed by atoms with van der Waals surface area (Å²) in [6.45, 7) is 1.94. The number of fused-ring (bicyclic) bond motifs is 1. The van der Waals surface area contributed by atoms with Crippen LogP contribution in [0.3, 0.4) is 0 Å². The summed E-state index contributed by atoms with van der Waals surface area (Å²) in [4.78, 5) is 13.2. The molecular weight excluding hydrogens is 248 g/mol. The monoisotopic (exact) mass is 264 g/mol. The Hall–Kier alpha value is -2.33. The van der Waals surface area contributed by atoms with Crippen molar-refractivity contribution in [2.45, 2.75) is 13.0 Å². The molecule has 0 spiro atoms.